The fourth-order valence-electron chi connectivity index (χ4n) is 6.99. The fourth-order valence-corrected chi connectivity index (χ4v) is 7.31. The molecular formula is C43H81O4P. The summed E-state index contributed by atoms with van der Waals surface area (Å²) in [5.74, 6) is 0.500. The van der Waals surface area contributed by atoms with E-state index in [9.17, 15) is 9.67 Å². The molecule has 282 valence electrons. The Morgan fingerprint density at radius 2 is 0.729 bits per heavy atom. The van der Waals surface area contributed by atoms with Gasteiger partial charge >= 0.3 is 8.25 Å². The molecule has 0 spiro atoms. The highest BCUT2D eigenvalue weighted by molar-refractivity contribution is 7.32. The summed E-state index contributed by atoms with van der Waals surface area (Å²) in [5.41, 5.74) is 3.49. The first kappa shape index (κ1) is 45.2. The second-order valence-corrected chi connectivity index (χ2v) is 17.8. The van der Waals surface area contributed by atoms with Crippen LogP contribution in [-0.2, 0) is 26.3 Å². The predicted octanol–water partition coefficient (Wildman–Crippen LogP) is 14.5. The molecule has 0 radical (unpaired) electrons. The van der Waals surface area contributed by atoms with Gasteiger partial charge in [0.1, 0.15) is 5.75 Å². The molecule has 0 saturated heterocycles. The van der Waals surface area contributed by atoms with Gasteiger partial charge in [-0.1, -0.05) is 214 Å². The average molecular weight is 693 g/mol. The van der Waals surface area contributed by atoms with Crippen LogP contribution in [0.25, 0.3) is 0 Å². The molecule has 2 N–H and O–H groups in total. The van der Waals surface area contributed by atoms with Crippen LogP contribution in [0.4, 0.5) is 0 Å². The molecule has 0 fully saturated rings. The number of rotatable bonds is 31. The van der Waals surface area contributed by atoms with Crippen molar-refractivity contribution in [1.82, 2.24) is 0 Å². The average Bonchev–Trinajstić information content (AvgIpc) is 3.01. The van der Waals surface area contributed by atoms with E-state index in [1.165, 1.54) is 166 Å². The van der Waals surface area contributed by atoms with Gasteiger partial charge in [-0.25, -0.2) is 0 Å². The number of aromatic hydroxyl groups is 1. The van der Waals surface area contributed by atoms with Gasteiger partial charge in [0, 0.05) is 0 Å². The maximum atomic E-state index is 11.0. The summed E-state index contributed by atoms with van der Waals surface area (Å²) in [6.07, 6.45) is 37.9. The van der Waals surface area contributed by atoms with E-state index in [2.05, 4.69) is 53.7 Å². The second-order valence-electron chi connectivity index (χ2n) is 16.9. The quantitative estimate of drug-likeness (QED) is 0.0600. The lowest BCUT2D eigenvalue weighted by molar-refractivity contribution is 0.273. The van der Waals surface area contributed by atoms with E-state index in [4.69, 9.17) is 9.42 Å². The Morgan fingerprint density at radius 1 is 0.479 bits per heavy atom. The molecule has 1 aromatic rings. The summed E-state index contributed by atoms with van der Waals surface area (Å²) in [4.78, 5) is 8.62. The van der Waals surface area contributed by atoms with Crippen LogP contribution in [0.3, 0.4) is 0 Å². The van der Waals surface area contributed by atoms with Crippen LogP contribution in [-0.4, -0.2) is 16.6 Å². The van der Waals surface area contributed by atoms with E-state index >= 15 is 0 Å². The first-order valence-corrected chi connectivity index (χ1v) is 21.9. The van der Waals surface area contributed by atoms with Crippen molar-refractivity contribution < 1.29 is 19.1 Å². The van der Waals surface area contributed by atoms with Gasteiger partial charge in [0.15, 0.2) is 0 Å². The molecule has 0 saturated carbocycles. The van der Waals surface area contributed by atoms with Crippen LogP contribution < -0.4 is 0 Å². The van der Waals surface area contributed by atoms with Crippen molar-refractivity contribution in [3.63, 3.8) is 0 Å². The minimum absolute atomic E-state index is 0.0454. The maximum Gasteiger partial charge on any atom is 0.316 e. The maximum absolute atomic E-state index is 11.0. The molecule has 1 atom stereocenters. The van der Waals surface area contributed by atoms with Crippen molar-refractivity contribution >= 4 is 8.25 Å². The third-order valence-corrected chi connectivity index (χ3v) is 10.6. The molecule has 48 heavy (non-hydrogen) atoms. The number of unbranched alkanes of at least 4 members (excludes halogenated alkanes) is 26. The van der Waals surface area contributed by atoms with Crippen LogP contribution in [0, 0.1) is 0 Å². The zero-order valence-corrected chi connectivity index (χ0v) is 33.9. The molecule has 0 amide bonds. The largest absolute Gasteiger partial charge is 0.507 e. The Labute approximate surface area is 300 Å². The van der Waals surface area contributed by atoms with E-state index in [0.717, 1.165) is 30.4 Å². The van der Waals surface area contributed by atoms with E-state index in [0.29, 0.717) is 12.4 Å². The topological polar surface area (TPSA) is 66.8 Å². The smallest absolute Gasteiger partial charge is 0.316 e. The van der Waals surface area contributed by atoms with Crippen LogP contribution >= 0.6 is 8.25 Å². The van der Waals surface area contributed by atoms with Gasteiger partial charge in [-0.05, 0) is 46.8 Å². The Kier molecular flexibility index (Phi) is 26.2. The van der Waals surface area contributed by atoms with Crippen LogP contribution in [0.2, 0.25) is 0 Å². The number of hydrogen-bond acceptors (Lipinski definition) is 3. The monoisotopic (exact) mass is 693 g/mol. The summed E-state index contributed by atoms with van der Waals surface area (Å²) < 4.78 is 15.2. The van der Waals surface area contributed by atoms with Crippen LogP contribution in [0.5, 0.6) is 5.75 Å². The van der Waals surface area contributed by atoms with E-state index in [1.807, 2.05) is 0 Å². The van der Waals surface area contributed by atoms with E-state index in [1.54, 1.807) is 0 Å². The molecular weight excluding hydrogens is 611 g/mol. The van der Waals surface area contributed by atoms with Gasteiger partial charge in [-0.3, -0.25) is 4.57 Å². The second kappa shape index (κ2) is 27.8. The molecule has 1 rings (SSSR count). The molecule has 0 aliphatic rings. The molecule has 4 nitrogen and oxygen atoms in total. The Bertz CT molecular complexity index is 895. The summed E-state index contributed by atoms with van der Waals surface area (Å²) in [6.45, 7) is 13.6. The first-order chi connectivity index (χ1) is 22.9. The van der Waals surface area contributed by atoms with Gasteiger partial charge < -0.3 is 14.5 Å². The summed E-state index contributed by atoms with van der Waals surface area (Å²) >= 11 is 0. The molecule has 0 heterocycles. The molecule has 1 unspecified atom stereocenters. The van der Waals surface area contributed by atoms with Gasteiger partial charge in [-0.15, -0.1) is 0 Å². The summed E-state index contributed by atoms with van der Waals surface area (Å²) in [7, 11) is -2.73. The number of phenolic OH excluding ortho intramolecular Hbond substituents is 1. The number of benzene rings is 1. The zero-order valence-electron chi connectivity index (χ0n) is 32.9. The van der Waals surface area contributed by atoms with Gasteiger partial charge in [0.25, 0.3) is 0 Å². The molecule has 0 aliphatic carbocycles. The Hall–Kier alpha value is -0.830. The van der Waals surface area contributed by atoms with E-state index in [-0.39, 0.29) is 10.8 Å². The molecule has 0 aliphatic heterocycles. The van der Waals surface area contributed by atoms with Crippen molar-refractivity contribution in [2.24, 2.45) is 0 Å². The highest BCUT2D eigenvalue weighted by Gasteiger charge is 2.26. The minimum atomic E-state index is -2.73. The van der Waals surface area contributed by atoms with Gasteiger partial charge in [-0.2, -0.15) is 0 Å². The van der Waals surface area contributed by atoms with Crippen molar-refractivity contribution in [2.45, 2.75) is 232 Å². The van der Waals surface area contributed by atoms with Gasteiger partial charge in [0.05, 0.1) is 6.61 Å². The summed E-state index contributed by atoms with van der Waals surface area (Å²) in [5, 5.41) is 11.0. The van der Waals surface area contributed by atoms with Crippen molar-refractivity contribution in [3.05, 3.63) is 28.8 Å². The lowest BCUT2D eigenvalue weighted by Gasteiger charge is -2.28. The lowest BCUT2D eigenvalue weighted by atomic mass is 9.78. The number of hydrogen-bond donors (Lipinski definition) is 2. The van der Waals surface area contributed by atoms with Crippen molar-refractivity contribution in [2.75, 3.05) is 6.61 Å². The Morgan fingerprint density at radius 3 is 0.979 bits per heavy atom. The zero-order chi connectivity index (χ0) is 35.5. The molecule has 1 aromatic carbocycles. The molecule has 0 aromatic heterocycles. The molecule has 5 heteroatoms. The highest BCUT2D eigenvalue weighted by Crippen LogP contribution is 2.40. The predicted molar refractivity (Wildman–Crippen MR) is 211 cm³/mol. The summed E-state index contributed by atoms with van der Waals surface area (Å²) in [6, 6.07) is 4.52. The normalized spacial score (nSPS) is 13.0. The molecule has 0 bridgehead atoms. The minimum Gasteiger partial charge on any atom is -0.507 e. The van der Waals surface area contributed by atoms with Crippen molar-refractivity contribution in [3.8, 4) is 5.75 Å². The fraction of sp³-hybridized carbons (Fsp3) is 0.860. The van der Waals surface area contributed by atoms with Gasteiger partial charge in [0.2, 0.25) is 0 Å². The third-order valence-electron chi connectivity index (χ3n) is 10.1. The van der Waals surface area contributed by atoms with Crippen LogP contribution in [0.1, 0.15) is 232 Å². The SMILES string of the molecule is CC(C)(C)c1cc(CCCCCCCCCCCCCCCCCCCCCCCCCCCCCO[PH](=O)O)cc(C(C)(C)C)c1O. The Balaban J connectivity index is 1.84. The number of phenols is 1. The standard InChI is InChI=1S/C43H81O4P/c1-42(2,3)39-36-38(37-40(41(39)44)43(4,5)6)34-32-30-28-26-24-22-20-18-16-14-12-10-8-7-9-11-13-15-17-19-21-23-25-27-29-31-33-35-47-48(45)46/h36-37,44,48H,7-35H2,1-6H3,(H,45,46). The van der Waals surface area contributed by atoms with Crippen molar-refractivity contribution in [1.29, 1.82) is 0 Å². The lowest BCUT2D eigenvalue weighted by Crippen LogP contribution is -2.18. The van der Waals surface area contributed by atoms with Crippen LogP contribution in [0.15, 0.2) is 12.1 Å². The van der Waals surface area contributed by atoms with E-state index < -0.39 is 8.25 Å². The highest BCUT2D eigenvalue weighted by atomic mass is 31.1. The number of aryl methyl sites for hydroxylation is 1. The third kappa shape index (κ3) is 24.3. The first-order valence-electron chi connectivity index (χ1n) is 20.7.